The number of carbonyl (C=O) groups excluding carboxylic acids is 1. The molecule has 37 heavy (non-hydrogen) atoms. The first-order valence-electron chi connectivity index (χ1n) is 11.9. The van der Waals surface area contributed by atoms with Crippen LogP contribution in [0.2, 0.25) is 0 Å². The van der Waals surface area contributed by atoms with E-state index in [1.54, 1.807) is 30.1 Å². The number of fused-ring (bicyclic) bond motifs is 1. The number of benzene rings is 1. The Morgan fingerprint density at radius 1 is 1.24 bits per heavy atom. The van der Waals surface area contributed by atoms with E-state index >= 15 is 0 Å². The molecular weight excluding hydrogens is 499 g/mol. The number of aryl methyl sites for hydroxylation is 3. The fraction of sp³-hybridized carbons (Fsp3) is 0.400. The van der Waals surface area contributed by atoms with Gasteiger partial charge in [0, 0.05) is 31.7 Å². The van der Waals surface area contributed by atoms with Gasteiger partial charge in [-0.3, -0.25) is 18.7 Å². The second-order valence-corrected chi connectivity index (χ2v) is 9.90. The summed E-state index contributed by atoms with van der Waals surface area (Å²) >= 11 is 1.27. The Bertz CT molecular complexity index is 1520. The number of aromatic nitrogens is 5. The van der Waals surface area contributed by atoms with Crippen molar-refractivity contribution < 1.29 is 13.9 Å². The molecule has 0 N–H and O–H groups in total. The van der Waals surface area contributed by atoms with E-state index < -0.39 is 17.5 Å². The molecule has 10 nitrogen and oxygen atoms in total. The first kappa shape index (κ1) is 26.3. The summed E-state index contributed by atoms with van der Waals surface area (Å²) in [7, 11) is 3.19. The van der Waals surface area contributed by atoms with Gasteiger partial charge in [0.15, 0.2) is 0 Å². The molecule has 4 rings (SSSR count). The zero-order chi connectivity index (χ0) is 26.7. The molecule has 0 saturated carbocycles. The summed E-state index contributed by atoms with van der Waals surface area (Å²) in [6.07, 6.45) is 5.32. The highest BCUT2D eigenvalue weighted by atomic mass is 32.1. The number of halogens is 1. The summed E-state index contributed by atoms with van der Waals surface area (Å²) in [4.78, 5) is 41.9. The molecule has 1 amide bonds. The average Bonchev–Trinajstić information content (AvgIpc) is 3.52. The van der Waals surface area contributed by atoms with Crippen LogP contribution >= 0.6 is 11.3 Å². The highest BCUT2D eigenvalue weighted by Gasteiger charge is 2.24. The maximum atomic E-state index is 14.0. The van der Waals surface area contributed by atoms with Crippen LogP contribution in [0.3, 0.4) is 0 Å². The summed E-state index contributed by atoms with van der Waals surface area (Å²) in [6.45, 7) is 4.37. The number of ether oxygens (including phenoxy) is 1. The fourth-order valence-electron chi connectivity index (χ4n) is 4.44. The van der Waals surface area contributed by atoms with Crippen LogP contribution in [-0.4, -0.2) is 56.1 Å². The molecule has 1 unspecified atom stereocenters. The van der Waals surface area contributed by atoms with Crippen molar-refractivity contribution in [3.05, 3.63) is 68.4 Å². The molecule has 3 heterocycles. The predicted octanol–water partition coefficient (Wildman–Crippen LogP) is 2.93. The molecule has 0 spiro atoms. The average molecular weight is 529 g/mol. The number of methoxy groups -OCH3 is 1. The summed E-state index contributed by atoms with van der Waals surface area (Å²) in [6, 6.07) is 3.87. The van der Waals surface area contributed by atoms with Gasteiger partial charge in [-0.15, -0.1) is 4.80 Å². The molecular formula is C25H29FN6O4S. The van der Waals surface area contributed by atoms with Gasteiger partial charge in [0.2, 0.25) is 6.41 Å². The van der Waals surface area contributed by atoms with Crippen LogP contribution in [0.5, 0.6) is 5.75 Å². The smallest absolute Gasteiger partial charge is 0.332 e. The van der Waals surface area contributed by atoms with Crippen LogP contribution in [0.25, 0.3) is 15.2 Å². The minimum absolute atomic E-state index is 0.210. The van der Waals surface area contributed by atoms with Gasteiger partial charge in [0.25, 0.3) is 5.56 Å². The Morgan fingerprint density at radius 2 is 1.97 bits per heavy atom. The molecule has 12 heteroatoms. The zero-order valence-corrected chi connectivity index (χ0v) is 22.0. The van der Waals surface area contributed by atoms with E-state index in [2.05, 4.69) is 10.2 Å². The quantitative estimate of drug-likeness (QED) is 0.277. The van der Waals surface area contributed by atoms with Crippen molar-refractivity contribution in [1.82, 2.24) is 29.0 Å². The van der Waals surface area contributed by atoms with Crippen LogP contribution in [0.1, 0.15) is 36.9 Å². The number of thiophene rings is 1. The van der Waals surface area contributed by atoms with Crippen LogP contribution in [-0.2, 0) is 17.8 Å². The molecule has 0 aliphatic heterocycles. The standard InChI is InChI=1S/C25H29FN6O4S/c1-16(6-5-12-29(3)15-33)31-22(34)21-17(2)23(32-27-10-11-28-32)37-24(21)30(25(31)35)13-9-18-14-19(26)7-8-20(18)36-4/h7-8,10-11,14-16H,5-6,9,12-13H2,1-4H3. The van der Waals surface area contributed by atoms with E-state index in [0.717, 1.165) is 6.41 Å². The number of nitrogens with zero attached hydrogens (tertiary/aromatic N) is 6. The lowest BCUT2D eigenvalue weighted by Gasteiger charge is -2.19. The Morgan fingerprint density at radius 3 is 2.65 bits per heavy atom. The minimum atomic E-state index is -0.440. The molecule has 0 fully saturated rings. The molecule has 1 atom stereocenters. The Labute approximate surface area is 216 Å². The second-order valence-electron chi connectivity index (χ2n) is 8.92. The van der Waals surface area contributed by atoms with Crippen molar-refractivity contribution in [3.8, 4) is 10.8 Å². The highest BCUT2D eigenvalue weighted by Crippen LogP contribution is 2.31. The lowest BCUT2D eigenvalue weighted by atomic mass is 10.1. The number of hydrogen-bond acceptors (Lipinski definition) is 7. The van der Waals surface area contributed by atoms with E-state index in [1.807, 2.05) is 13.8 Å². The van der Waals surface area contributed by atoms with Crippen LogP contribution in [0.4, 0.5) is 4.39 Å². The van der Waals surface area contributed by atoms with Crippen molar-refractivity contribution in [3.63, 3.8) is 0 Å². The fourth-order valence-corrected chi connectivity index (χ4v) is 5.68. The number of amides is 1. The van der Waals surface area contributed by atoms with Crippen molar-refractivity contribution in [2.24, 2.45) is 0 Å². The van der Waals surface area contributed by atoms with E-state index in [4.69, 9.17) is 4.74 Å². The van der Waals surface area contributed by atoms with Crippen LogP contribution in [0.15, 0.2) is 40.2 Å². The normalized spacial score (nSPS) is 12.1. The molecule has 0 aliphatic rings. The number of carbonyl (C=O) groups is 1. The number of rotatable bonds is 11. The summed E-state index contributed by atoms with van der Waals surface area (Å²) in [5.41, 5.74) is 0.487. The highest BCUT2D eigenvalue weighted by molar-refractivity contribution is 7.21. The lowest BCUT2D eigenvalue weighted by Crippen LogP contribution is -2.42. The van der Waals surface area contributed by atoms with Gasteiger partial charge < -0.3 is 9.64 Å². The SMILES string of the molecule is COc1ccc(F)cc1CCn1c(=O)n(C(C)CCCN(C)C=O)c(=O)c2c(C)c(-n3nccn3)sc21. The van der Waals surface area contributed by atoms with Crippen LogP contribution < -0.4 is 16.0 Å². The van der Waals surface area contributed by atoms with Gasteiger partial charge in [-0.05, 0) is 56.9 Å². The molecule has 0 radical (unpaired) electrons. The molecule has 4 aromatic rings. The molecule has 196 valence electrons. The topological polar surface area (TPSA) is 104 Å². The third-order valence-corrected chi connectivity index (χ3v) is 7.70. The van der Waals surface area contributed by atoms with Crippen molar-refractivity contribution in [1.29, 1.82) is 0 Å². The van der Waals surface area contributed by atoms with Gasteiger partial charge >= 0.3 is 5.69 Å². The Hall–Kier alpha value is -3.80. The van der Waals surface area contributed by atoms with Gasteiger partial charge in [-0.2, -0.15) is 10.2 Å². The summed E-state index contributed by atoms with van der Waals surface area (Å²) in [5, 5.41) is 9.48. The van der Waals surface area contributed by atoms with Gasteiger partial charge in [0.05, 0.1) is 24.9 Å². The predicted molar refractivity (Wildman–Crippen MR) is 139 cm³/mol. The molecule has 1 aromatic carbocycles. The van der Waals surface area contributed by atoms with E-state index in [1.165, 1.54) is 44.8 Å². The monoisotopic (exact) mass is 528 g/mol. The van der Waals surface area contributed by atoms with Crippen molar-refractivity contribution in [2.45, 2.75) is 45.7 Å². The maximum Gasteiger partial charge on any atom is 0.332 e. The number of hydrogen-bond donors (Lipinski definition) is 0. The summed E-state index contributed by atoms with van der Waals surface area (Å²) in [5.74, 6) is 0.127. The Balaban J connectivity index is 1.83. The third kappa shape index (κ3) is 5.19. The summed E-state index contributed by atoms with van der Waals surface area (Å²) < 4.78 is 22.2. The third-order valence-electron chi connectivity index (χ3n) is 6.42. The first-order valence-corrected chi connectivity index (χ1v) is 12.7. The van der Waals surface area contributed by atoms with E-state index in [-0.39, 0.29) is 12.1 Å². The minimum Gasteiger partial charge on any atom is -0.496 e. The molecule has 3 aromatic heterocycles. The van der Waals surface area contributed by atoms with E-state index in [0.29, 0.717) is 57.9 Å². The Kier molecular flexibility index (Phi) is 7.86. The largest absolute Gasteiger partial charge is 0.496 e. The second kappa shape index (κ2) is 11.1. The van der Waals surface area contributed by atoms with E-state index in [9.17, 15) is 18.8 Å². The molecule has 0 saturated heterocycles. The molecule has 0 bridgehead atoms. The molecule has 0 aliphatic carbocycles. The lowest BCUT2D eigenvalue weighted by molar-refractivity contribution is -0.117. The maximum absolute atomic E-state index is 14.0. The van der Waals surface area contributed by atoms with Gasteiger partial charge in [-0.1, -0.05) is 11.3 Å². The van der Waals surface area contributed by atoms with Crippen LogP contribution in [0, 0.1) is 12.7 Å². The first-order chi connectivity index (χ1) is 17.8. The van der Waals surface area contributed by atoms with Gasteiger partial charge in [-0.25, -0.2) is 9.18 Å². The van der Waals surface area contributed by atoms with Crippen molar-refractivity contribution in [2.75, 3.05) is 20.7 Å². The zero-order valence-electron chi connectivity index (χ0n) is 21.2. The van der Waals surface area contributed by atoms with Crippen molar-refractivity contribution >= 4 is 28.0 Å². The van der Waals surface area contributed by atoms with Gasteiger partial charge in [0.1, 0.15) is 21.4 Å².